The highest BCUT2D eigenvalue weighted by Gasteiger charge is 2.17. The van der Waals surface area contributed by atoms with E-state index < -0.39 is 34.2 Å². The average molecular weight is 369 g/mol. The van der Waals surface area contributed by atoms with E-state index in [4.69, 9.17) is 0 Å². The lowest BCUT2D eigenvalue weighted by molar-refractivity contribution is 0.102. The number of carbonyl (C=O) groups is 1. The smallest absolute Gasteiger partial charge is 0.261 e. The molecule has 2 aromatic heterocycles. The Morgan fingerprint density at radius 2 is 1.85 bits per heavy atom. The molecule has 1 amide bonds. The standard InChI is InChI=1S/C19H10F3N3O2/c20-9-1-2-14-11(5-9)15(3-4-23-14)25-19(27)12-8-24-16-7-10(21)6-13(22)17(16)18(12)26/h1-8H,(H,24,26)(H,23,25,27). The maximum Gasteiger partial charge on any atom is 0.261 e. The maximum atomic E-state index is 14.0. The summed E-state index contributed by atoms with van der Waals surface area (Å²) in [6, 6.07) is 6.86. The number of aromatic nitrogens is 2. The van der Waals surface area contributed by atoms with Crippen molar-refractivity contribution in [2.45, 2.75) is 0 Å². The van der Waals surface area contributed by atoms with Gasteiger partial charge in [-0.05, 0) is 30.3 Å². The number of hydrogen-bond donors (Lipinski definition) is 2. The second kappa shape index (κ2) is 6.24. The van der Waals surface area contributed by atoms with Crippen LogP contribution in [0, 0.1) is 17.5 Å². The fraction of sp³-hybridized carbons (Fsp3) is 0. The van der Waals surface area contributed by atoms with Crippen LogP contribution in [-0.4, -0.2) is 15.9 Å². The highest BCUT2D eigenvalue weighted by molar-refractivity contribution is 6.09. The van der Waals surface area contributed by atoms with Crippen LogP contribution in [0.2, 0.25) is 0 Å². The normalized spacial score (nSPS) is 11.1. The summed E-state index contributed by atoms with van der Waals surface area (Å²) in [5.74, 6) is -3.26. The molecule has 0 fully saturated rings. The highest BCUT2D eigenvalue weighted by Crippen LogP contribution is 2.23. The van der Waals surface area contributed by atoms with Gasteiger partial charge in [0.25, 0.3) is 5.91 Å². The largest absolute Gasteiger partial charge is 0.360 e. The fourth-order valence-electron chi connectivity index (χ4n) is 2.85. The predicted molar refractivity (Wildman–Crippen MR) is 94.1 cm³/mol. The molecule has 0 aliphatic rings. The number of halogens is 3. The second-order valence-electron chi connectivity index (χ2n) is 5.82. The van der Waals surface area contributed by atoms with Crippen molar-refractivity contribution >= 4 is 33.4 Å². The Morgan fingerprint density at radius 1 is 1.04 bits per heavy atom. The van der Waals surface area contributed by atoms with Gasteiger partial charge in [0.2, 0.25) is 5.43 Å². The lowest BCUT2D eigenvalue weighted by Gasteiger charge is -2.09. The summed E-state index contributed by atoms with van der Waals surface area (Å²) >= 11 is 0. The van der Waals surface area contributed by atoms with Gasteiger partial charge >= 0.3 is 0 Å². The number of amides is 1. The molecule has 0 bridgehead atoms. The van der Waals surface area contributed by atoms with Crippen LogP contribution in [0.3, 0.4) is 0 Å². The monoisotopic (exact) mass is 369 g/mol. The Morgan fingerprint density at radius 3 is 2.67 bits per heavy atom. The third-order valence-corrected chi connectivity index (χ3v) is 4.10. The van der Waals surface area contributed by atoms with Crippen molar-refractivity contribution in [1.29, 1.82) is 0 Å². The molecule has 27 heavy (non-hydrogen) atoms. The van der Waals surface area contributed by atoms with Gasteiger partial charge < -0.3 is 10.3 Å². The van der Waals surface area contributed by atoms with Crippen molar-refractivity contribution < 1.29 is 18.0 Å². The van der Waals surface area contributed by atoms with Crippen LogP contribution < -0.4 is 10.7 Å². The number of nitrogens with zero attached hydrogens (tertiary/aromatic N) is 1. The number of fused-ring (bicyclic) bond motifs is 2. The van der Waals surface area contributed by atoms with Gasteiger partial charge in [-0.15, -0.1) is 0 Å². The summed E-state index contributed by atoms with van der Waals surface area (Å²) < 4.78 is 40.8. The van der Waals surface area contributed by atoms with Gasteiger partial charge in [0.05, 0.1) is 22.1 Å². The first-order valence-corrected chi connectivity index (χ1v) is 7.80. The van der Waals surface area contributed by atoms with Gasteiger partial charge in [0.15, 0.2) is 0 Å². The number of H-pyrrole nitrogens is 1. The van der Waals surface area contributed by atoms with Gasteiger partial charge in [-0.25, -0.2) is 13.2 Å². The van der Waals surface area contributed by atoms with E-state index in [1.165, 1.54) is 30.5 Å². The topological polar surface area (TPSA) is 74.8 Å². The lowest BCUT2D eigenvalue weighted by atomic mass is 10.1. The highest BCUT2D eigenvalue weighted by atomic mass is 19.1. The van der Waals surface area contributed by atoms with Crippen LogP contribution >= 0.6 is 0 Å². The summed E-state index contributed by atoms with van der Waals surface area (Å²) in [6.45, 7) is 0. The fourth-order valence-corrected chi connectivity index (χ4v) is 2.85. The molecule has 0 unspecified atom stereocenters. The van der Waals surface area contributed by atoms with Gasteiger partial charge in [-0.3, -0.25) is 14.6 Å². The molecule has 2 N–H and O–H groups in total. The van der Waals surface area contributed by atoms with Crippen molar-refractivity contribution in [2.24, 2.45) is 0 Å². The second-order valence-corrected chi connectivity index (χ2v) is 5.82. The first kappa shape index (κ1) is 16.8. The third kappa shape index (κ3) is 2.91. The van der Waals surface area contributed by atoms with E-state index in [0.717, 1.165) is 12.3 Å². The third-order valence-electron chi connectivity index (χ3n) is 4.10. The number of nitrogens with one attached hydrogen (secondary N) is 2. The number of carbonyl (C=O) groups excluding carboxylic acids is 1. The minimum Gasteiger partial charge on any atom is -0.360 e. The van der Waals surface area contributed by atoms with Crippen LogP contribution in [0.15, 0.2) is 53.6 Å². The molecule has 0 saturated heterocycles. The number of anilines is 1. The van der Waals surface area contributed by atoms with Crippen molar-refractivity contribution in [3.8, 4) is 0 Å². The Hall–Kier alpha value is -3.68. The van der Waals surface area contributed by atoms with E-state index >= 15 is 0 Å². The molecular formula is C19H10F3N3O2. The molecule has 0 aliphatic heterocycles. The molecule has 4 aromatic rings. The van der Waals surface area contributed by atoms with E-state index in [-0.39, 0.29) is 16.8 Å². The Balaban J connectivity index is 1.80. The van der Waals surface area contributed by atoms with Gasteiger partial charge in [0.1, 0.15) is 23.0 Å². The summed E-state index contributed by atoms with van der Waals surface area (Å²) in [5, 5.41) is 2.42. The summed E-state index contributed by atoms with van der Waals surface area (Å²) in [6.07, 6.45) is 2.49. The minimum absolute atomic E-state index is 0.0644. The van der Waals surface area contributed by atoms with Crippen LogP contribution in [0.5, 0.6) is 0 Å². The van der Waals surface area contributed by atoms with Crippen molar-refractivity contribution in [1.82, 2.24) is 9.97 Å². The molecule has 0 atom stereocenters. The molecular weight excluding hydrogens is 359 g/mol. The summed E-state index contributed by atoms with van der Waals surface area (Å²) in [4.78, 5) is 31.7. The number of benzene rings is 2. The van der Waals surface area contributed by atoms with Gasteiger partial charge in [-0.2, -0.15) is 0 Å². The molecule has 0 saturated carbocycles. The Bertz CT molecular complexity index is 1280. The number of hydrogen-bond acceptors (Lipinski definition) is 3. The number of aromatic amines is 1. The molecule has 4 rings (SSSR count). The van der Waals surface area contributed by atoms with E-state index in [0.29, 0.717) is 17.0 Å². The first-order valence-electron chi connectivity index (χ1n) is 7.80. The summed E-state index contributed by atoms with van der Waals surface area (Å²) in [5.41, 5.74) is -0.630. The zero-order valence-electron chi connectivity index (χ0n) is 13.5. The molecule has 0 aliphatic carbocycles. The Labute approximate surface area is 149 Å². The van der Waals surface area contributed by atoms with Crippen LogP contribution in [0.25, 0.3) is 21.8 Å². The van der Waals surface area contributed by atoms with Gasteiger partial charge in [0, 0.05) is 23.8 Å². The van der Waals surface area contributed by atoms with E-state index in [2.05, 4.69) is 15.3 Å². The van der Waals surface area contributed by atoms with Crippen molar-refractivity contribution in [3.63, 3.8) is 0 Å². The minimum atomic E-state index is -1.07. The Kier molecular flexibility index (Phi) is 3.88. The molecule has 0 radical (unpaired) electrons. The van der Waals surface area contributed by atoms with E-state index in [1.54, 1.807) is 0 Å². The zero-order chi connectivity index (χ0) is 19.1. The molecule has 0 spiro atoms. The molecule has 8 heteroatoms. The first-order chi connectivity index (χ1) is 12.9. The maximum absolute atomic E-state index is 14.0. The SMILES string of the molecule is O=C(Nc1ccnc2ccc(F)cc12)c1c[nH]c2cc(F)cc(F)c2c1=O. The number of pyridine rings is 2. The van der Waals surface area contributed by atoms with E-state index in [1.807, 2.05) is 0 Å². The average Bonchev–Trinajstić information content (AvgIpc) is 2.61. The predicted octanol–water partition coefficient (Wildman–Crippen LogP) is 3.75. The van der Waals surface area contributed by atoms with Crippen molar-refractivity contribution in [2.75, 3.05) is 5.32 Å². The van der Waals surface area contributed by atoms with Gasteiger partial charge in [-0.1, -0.05) is 0 Å². The van der Waals surface area contributed by atoms with Crippen LogP contribution in [0.1, 0.15) is 10.4 Å². The zero-order valence-corrected chi connectivity index (χ0v) is 13.5. The molecule has 2 aromatic carbocycles. The lowest BCUT2D eigenvalue weighted by Crippen LogP contribution is -2.22. The summed E-state index contributed by atoms with van der Waals surface area (Å²) in [7, 11) is 0. The quantitative estimate of drug-likeness (QED) is 0.565. The van der Waals surface area contributed by atoms with E-state index in [9.17, 15) is 22.8 Å². The number of rotatable bonds is 2. The molecule has 2 heterocycles. The van der Waals surface area contributed by atoms with Crippen LogP contribution in [0.4, 0.5) is 18.9 Å². The van der Waals surface area contributed by atoms with Crippen LogP contribution in [-0.2, 0) is 0 Å². The molecule has 134 valence electrons. The molecule has 5 nitrogen and oxygen atoms in total. The van der Waals surface area contributed by atoms with Crippen molar-refractivity contribution in [3.05, 3.63) is 82.0 Å².